The van der Waals surface area contributed by atoms with Crippen LogP contribution in [-0.4, -0.2) is 88.9 Å². The Bertz CT molecular complexity index is 1710. The van der Waals surface area contributed by atoms with Crippen LogP contribution in [0.4, 0.5) is 20.4 Å². The molecule has 44 heavy (non-hydrogen) atoms. The molecular formula is C20H24F2N12O6P2S2. The van der Waals surface area contributed by atoms with Crippen LogP contribution in [0.1, 0.15) is 12.5 Å². The van der Waals surface area contributed by atoms with Crippen molar-refractivity contribution < 1.29 is 36.4 Å². The van der Waals surface area contributed by atoms with Gasteiger partial charge in [-0.05, 0) is 0 Å². The van der Waals surface area contributed by atoms with Crippen LogP contribution in [0.25, 0.3) is 22.3 Å². The van der Waals surface area contributed by atoms with Gasteiger partial charge in [-0.1, -0.05) is 24.5 Å². The fraction of sp³-hybridized carbons (Fsp3) is 0.500. The number of hydrogen-bond donors (Lipinski definition) is 6. The van der Waals surface area contributed by atoms with Crippen LogP contribution in [0.2, 0.25) is 0 Å². The summed E-state index contributed by atoms with van der Waals surface area (Å²) in [5.41, 5.74) is 12.5. The highest BCUT2D eigenvalue weighted by atomic mass is 32.7. The number of nitrogens with zero attached hydrogens (tertiary/aromatic N) is 8. The number of rotatable bonds is 2. The maximum atomic E-state index is 16.0. The van der Waals surface area contributed by atoms with Gasteiger partial charge in [0.15, 0.2) is 47.7 Å². The van der Waals surface area contributed by atoms with Gasteiger partial charge in [0.05, 0.1) is 12.7 Å². The molecule has 0 radical (unpaired) electrons. The van der Waals surface area contributed by atoms with Crippen molar-refractivity contribution in [2.45, 2.75) is 49.2 Å². The highest BCUT2D eigenvalue weighted by Crippen LogP contribution is 2.56. The number of nitrogen functional groups attached to an aromatic ring is 2. The number of fused-ring (bicyclic) bond motifs is 4. The molecule has 2 unspecified atom stereocenters. The highest BCUT2D eigenvalue weighted by Gasteiger charge is 2.53. The number of nitrogens with one attached hydrogen (secondary N) is 2. The lowest BCUT2D eigenvalue weighted by molar-refractivity contribution is -0.0214. The molecule has 3 fully saturated rings. The molecule has 3 aliphatic heterocycles. The van der Waals surface area contributed by atoms with E-state index in [0.717, 1.165) is 0 Å². The molecular weight excluding hydrogens is 668 g/mol. The predicted octanol–water partition coefficient (Wildman–Crippen LogP) is 1.34. The smallest absolute Gasteiger partial charge is 0.324 e. The third-order valence-electron chi connectivity index (χ3n) is 7.37. The number of ether oxygens (including phenoxy) is 2. The molecule has 18 nitrogen and oxygen atoms in total. The summed E-state index contributed by atoms with van der Waals surface area (Å²) in [5, 5.41) is 5.14. The van der Waals surface area contributed by atoms with E-state index < -0.39 is 62.7 Å². The molecule has 0 spiro atoms. The van der Waals surface area contributed by atoms with E-state index in [1.165, 1.54) is 34.4 Å². The van der Waals surface area contributed by atoms with E-state index >= 15 is 8.78 Å². The first-order valence-corrected chi connectivity index (χ1v) is 18.5. The minimum Gasteiger partial charge on any atom is -0.382 e. The van der Waals surface area contributed by atoms with Crippen molar-refractivity contribution in [2.75, 3.05) is 24.6 Å². The Balaban J connectivity index is 1.17. The van der Waals surface area contributed by atoms with Gasteiger partial charge in [-0.25, -0.2) is 48.9 Å². The lowest BCUT2D eigenvalue weighted by Gasteiger charge is -2.29. The fourth-order valence-electron chi connectivity index (χ4n) is 5.34. The van der Waals surface area contributed by atoms with Crippen molar-refractivity contribution in [3.05, 3.63) is 25.3 Å². The first-order valence-electron chi connectivity index (χ1n) is 12.9. The first kappa shape index (κ1) is 30.2. The molecule has 3 saturated heterocycles. The number of hydrogen-bond acceptors (Lipinski definition) is 14. The van der Waals surface area contributed by atoms with Crippen LogP contribution in [-0.2, 0) is 27.7 Å². The van der Waals surface area contributed by atoms with Crippen molar-refractivity contribution >= 4 is 71.9 Å². The summed E-state index contributed by atoms with van der Waals surface area (Å²) in [4.78, 5) is 24.2. The lowest BCUT2D eigenvalue weighted by atomic mass is 10.1. The number of anilines is 2. The Labute approximate surface area is 256 Å². The summed E-state index contributed by atoms with van der Waals surface area (Å²) in [6.45, 7) is -8.96. The van der Waals surface area contributed by atoms with E-state index in [9.17, 15) is 9.13 Å². The van der Waals surface area contributed by atoms with Crippen LogP contribution in [0, 0.1) is 0 Å². The molecule has 0 bridgehead atoms. The maximum absolute atomic E-state index is 16.0. The van der Waals surface area contributed by atoms with Gasteiger partial charge in [0.2, 0.25) is 0 Å². The summed E-state index contributed by atoms with van der Waals surface area (Å²) in [7, 11) is 0. The van der Waals surface area contributed by atoms with Crippen molar-refractivity contribution in [3.8, 4) is 0 Å². The minimum absolute atomic E-state index is 0.0728. The van der Waals surface area contributed by atoms with Crippen LogP contribution in [0.5, 0.6) is 0 Å². The van der Waals surface area contributed by atoms with Crippen LogP contribution >= 0.6 is 37.9 Å². The molecule has 4 aromatic rings. The monoisotopic (exact) mass is 692 g/mol. The second-order valence-corrected chi connectivity index (χ2v) is 16.4. The van der Waals surface area contributed by atoms with E-state index in [0.29, 0.717) is 0 Å². The average Bonchev–Trinajstić information content (AvgIpc) is 3.73. The zero-order chi connectivity index (χ0) is 31.0. The quantitative estimate of drug-likeness (QED) is 0.128. The Hall–Kier alpha value is -2.52. The van der Waals surface area contributed by atoms with E-state index in [4.69, 9.17) is 30.0 Å². The van der Waals surface area contributed by atoms with E-state index in [1.54, 1.807) is 0 Å². The van der Waals surface area contributed by atoms with E-state index in [2.05, 4.69) is 64.6 Å². The summed E-state index contributed by atoms with van der Waals surface area (Å²) in [5.74, 6) is 0.146. The van der Waals surface area contributed by atoms with Crippen molar-refractivity contribution in [1.82, 2.24) is 49.2 Å². The molecule has 7 rings (SSSR count). The largest absolute Gasteiger partial charge is 0.382 e. The van der Waals surface area contributed by atoms with Crippen LogP contribution < -0.4 is 21.6 Å². The molecule has 3 aliphatic rings. The van der Waals surface area contributed by atoms with Crippen molar-refractivity contribution in [1.29, 1.82) is 0 Å². The molecule has 24 heteroatoms. The SMILES string of the molecule is Nc1ncnc2c1ncn2[C@@H]1O[C@@H]2CNP(=O)(S)O[C@H]3[C@@H](F)[C@H](n4cnc5c(N)ncnc54)O[C@@H]3CNP(=O)(S)O[C@H]2[C@H]1F. The summed E-state index contributed by atoms with van der Waals surface area (Å²) >= 11 is 8.25. The molecule has 7 heterocycles. The number of halogens is 2. The second kappa shape index (κ2) is 11.1. The Morgan fingerprint density at radius 3 is 1.57 bits per heavy atom. The van der Waals surface area contributed by atoms with Crippen LogP contribution in [0.3, 0.4) is 0 Å². The van der Waals surface area contributed by atoms with Crippen molar-refractivity contribution in [2.24, 2.45) is 0 Å². The Kier molecular flexibility index (Phi) is 7.59. The number of thiol groups is 2. The summed E-state index contributed by atoms with van der Waals surface area (Å²) < 4.78 is 84.6. The van der Waals surface area contributed by atoms with Gasteiger partial charge in [0, 0.05) is 13.1 Å². The molecule has 0 aliphatic carbocycles. The maximum Gasteiger partial charge on any atom is 0.324 e. The standard InChI is InChI=1S/C20H24F2N12O6P2S2/c21-9-13-7(37-19(9)33-5-29-11-15(23)25-3-27-17(11)33)1-31-41(35,43)40-14-8(2-32-42(36,44)39-13)38-20(10(14)22)34-6-30-12-16(24)26-4-28-18(12)34/h3-10,13-14,19-20H,1-2H2,(H2,23,25,27)(H2,24,26,28)(H2,31,35,43)(H2,32,36,44)/t7-,8-,9-,10-,13-,14-,19-,20-,41?,42?/m1/s1. The van der Waals surface area contributed by atoms with E-state index in [1.807, 2.05) is 0 Å². The van der Waals surface area contributed by atoms with Gasteiger partial charge in [-0.3, -0.25) is 18.3 Å². The van der Waals surface area contributed by atoms with Gasteiger partial charge in [-0.15, -0.1) is 0 Å². The normalized spacial score (nSPS) is 38.3. The Morgan fingerprint density at radius 2 is 1.16 bits per heavy atom. The fourth-order valence-corrected chi connectivity index (χ4v) is 8.62. The number of alkyl halides is 2. The molecule has 10 atom stereocenters. The molecule has 0 aromatic carbocycles. The summed E-state index contributed by atoms with van der Waals surface area (Å²) in [6, 6.07) is 0. The van der Waals surface area contributed by atoms with E-state index in [-0.39, 0.29) is 47.1 Å². The average molecular weight is 693 g/mol. The Morgan fingerprint density at radius 1 is 0.750 bits per heavy atom. The number of nitrogens with two attached hydrogens (primary N) is 2. The number of aromatic nitrogens is 8. The zero-order valence-electron chi connectivity index (χ0n) is 22.1. The van der Waals surface area contributed by atoms with Gasteiger partial charge in [-0.2, -0.15) is 0 Å². The van der Waals surface area contributed by atoms with Gasteiger partial charge in [0.25, 0.3) is 0 Å². The topological polar surface area (TPSA) is 234 Å². The molecule has 4 aromatic heterocycles. The molecule has 6 N–H and O–H groups in total. The first-order chi connectivity index (χ1) is 20.9. The molecule has 236 valence electrons. The molecule has 0 amide bonds. The highest BCUT2D eigenvalue weighted by molar-refractivity contribution is 8.45. The number of imidazole rings is 2. The molecule has 0 saturated carbocycles. The van der Waals surface area contributed by atoms with Crippen LogP contribution in [0.15, 0.2) is 25.3 Å². The van der Waals surface area contributed by atoms with Crippen molar-refractivity contribution in [3.63, 3.8) is 0 Å². The predicted molar refractivity (Wildman–Crippen MR) is 156 cm³/mol. The minimum atomic E-state index is -4.11. The zero-order valence-corrected chi connectivity index (χ0v) is 25.6. The lowest BCUT2D eigenvalue weighted by Crippen LogP contribution is -2.42. The van der Waals surface area contributed by atoms with Gasteiger partial charge >= 0.3 is 13.4 Å². The third-order valence-corrected chi connectivity index (χ3v) is 11.0. The summed E-state index contributed by atoms with van der Waals surface area (Å²) in [6.07, 6.45) is -7.15. The second-order valence-electron chi connectivity index (χ2n) is 10.1. The van der Waals surface area contributed by atoms with Gasteiger partial charge < -0.3 is 30.0 Å². The van der Waals surface area contributed by atoms with Gasteiger partial charge in [0.1, 0.15) is 48.1 Å². The third kappa shape index (κ3) is 5.25.